The summed E-state index contributed by atoms with van der Waals surface area (Å²) < 4.78 is 5.35. The molecule has 132 valence electrons. The summed E-state index contributed by atoms with van der Waals surface area (Å²) in [7, 11) is 0. The minimum absolute atomic E-state index is 0.363. The molecule has 0 spiro atoms. The van der Waals surface area contributed by atoms with Gasteiger partial charge >= 0.3 is 6.09 Å². The fourth-order valence-electron chi connectivity index (χ4n) is 2.79. The van der Waals surface area contributed by atoms with Gasteiger partial charge in [0, 0.05) is 10.6 Å². The first-order chi connectivity index (χ1) is 11.2. The van der Waals surface area contributed by atoms with Crippen molar-refractivity contribution in [3.8, 4) is 0 Å². The van der Waals surface area contributed by atoms with Crippen LogP contribution in [0.3, 0.4) is 0 Å². The average Bonchev–Trinajstić information content (AvgIpc) is 2.48. The highest BCUT2D eigenvalue weighted by molar-refractivity contribution is 6.30. The van der Waals surface area contributed by atoms with E-state index in [1.165, 1.54) is 0 Å². The summed E-state index contributed by atoms with van der Waals surface area (Å²) in [6.07, 6.45) is -0.363. The lowest BCUT2D eigenvalue weighted by Crippen LogP contribution is -3.16. The second-order valence-electron chi connectivity index (χ2n) is 6.93. The van der Waals surface area contributed by atoms with Gasteiger partial charge in [0.05, 0.1) is 26.2 Å². The molecule has 2 rings (SSSR count). The van der Waals surface area contributed by atoms with Gasteiger partial charge in [-0.15, -0.1) is 0 Å². The third-order valence-corrected chi connectivity index (χ3v) is 4.16. The zero-order valence-corrected chi connectivity index (χ0v) is 14.9. The number of piperazine rings is 1. The number of hydrogen-bond donors (Lipinski definition) is 1. The van der Waals surface area contributed by atoms with Crippen LogP contribution in [-0.4, -0.2) is 48.7 Å². The number of hydrogen-bond acceptors (Lipinski definition) is 4. The van der Waals surface area contributed by atoms with E-state index in [4.69, 9.17) is 16.3 Å². The lowest BCUT2D eigenvalue weighted by Gasteiger charge is -2.37. The maximum absolute atomic E-state index is 12.1. The molecule has 7 heteroatoms. The van der Waals surface area contributed by atoms with Crippen LogP contribution in [0.15, 0.2) is 24.3 Å². The molecule has 0 aromatic heterocycles. The molecule has 1 fully saturated rings. The molecule has 1 heterocycles. The van der Waals surface area contributed by atoms with Crippen molar-refractivity contribution in [2.45, 2.75) is 32.4 Å². The van der Waals surface area contributed by atoms with E-state index in [1.807, 2.05) is 20.8 Å². The molecular weight excluding hydrogens is 332 g/mol. The van der Waals surface area contributed by atoms with Crippen LogP contribution < -0.4 is 10.0 Å². The monoisotopic (exact) mass is 354 g/mol. The molecule has 1 N–H and O–H groups in total. The average molecular weight is 355 g/mol. The summed E-state index contributed by atoms with van der Waals surface area (Å²) in [6.45, 7) is 7.38. The third kappa shape index (κ3) is 4.85. The van der Waals surface area contributed by atoms with E-state index in [-0.39, 0.29) is 6.09 Å². The largest absolute Gasteiger partial charge is 0.544 e. The van der Waals surface area contributed by atoms with Crippen LogP contribution in [0.5, 0.6) is 0 Å². The number of carbonyl (C=O) groups excluding carboxylic acids is 2. The predicted molar refractivity (Wildman–Crippen MR) is 87.7 cm³/mol. The van der Waals surface area contributed by atoms with Crippen molar-refractivity contribution in [3.05, 3.63) is 34.9 Å². The number of amides is 1. The number of halogens is 1. The fourth-order valence-corrected chi connectivity index (χ4v) is 2.91. The highest BCUT2D eigenvalue weighted by atomic mass is 35.5. The topological polar surface area (TPSA) is 74.1 Å². The number of benzene rings is 1. The molecule has 1 aliphatic rings. The van der Waals surface area contributed by atoms with Gasteiger partial charge in [-0.1, -0.05) is 23.7 Å². The van der Waals surface area contributed by atoms with Crippen LogP contribution in [0.2, 0.25) is 5.02 Å². The van der Waals surface area contributed by atoms with Crippen molar-refractivity contribution in [1.29, 1.82) is 0 Å². The third-order valence-electron chi connectivity index (χ3n) is 3.90. The first-order valence-corrected chi connectivity index (χ1v) is 8.34. The Labute approximate surface area is 146 Å². The number of nitrogens with one attached hydrogen (secondary N) is 1. The van der Waals surface area contributed by atoms with Crippen LogP contribution in [0.1, 0.15) is 32.4 Å². The van der Waals surface area contributed by atoms with Crippen LogP contribution in [0.4, 0.5) is 4.79 Å². The van der Waals surface area contributed by atoms with E-state index in [0.29, 0.717) is 36.8 Å². The lowest BCUT2D eigenvalue weighted by molar-refractivity contribution is -0.928. The standard InChI is InChI=1S/C17H23ClN2O4/c1-17(2,3)24-16(23)20-10-8-19(9-11-20)14(15(21)22)12-4-6-13(18)7-5-12/h4-7,14H,8-11H2,1-3H3,(H,21,22)/t14-/m0/s1. The molecule has 0 radical (unpaired) electrons. The first kappa shape index (κ1) is 18.5. The summed E-state index contributed by atoms with van der Waals surface area (Å²) in [5.41, 5.74) is 0.109. The van der Waals surface area contributed by atoms with Crippen LogP contribution in [-0.2, 0) is 9.53 Å². The van der Waals surface area contributed by atoms with Gasteiger partial charge < -0.3 is 19.5 Å². The van der Waals surface area contributed by atoms with Gasteiger partial charge in [0.25, 0.3) is 0 Å². The fraction of sp³-hybridized carbons (Fsp3) is 0.529. The number of carboxylic acid groups (broad SMARTS) is 1. The molecule has 0 unspecified atom stereocenters. The number of rotatable bonds is 3. The number of carbonyl (C=O) groups is 2. The summed E-state index contributed by atoms with van der Waals surface area (Å²) >= 11 is 5.86. The summed E-state index contributed by atoms with van der Waals surface area (Å²) in [4.78, 5) is 26.2. The minimum Gasteiger partial charge on any atom is -0.544 e. The van der Waals surface area contributed by atoms with Gasteiger partial charge in [0.1, 0.15) is 11.6 Å². The predicted octanol–water partition coefficient (Wildman–Crippen LogP) is 0.267. The zero-order valence-electron chi connectivity index (χ0n) is 14.2. The quantitative estimate of drug-likeness (QED) is 0.845. The van der Waals surface area contributed by atoms with Gasteiger partial charge in [-0.2, -0.15) is 0 Å². The summed E-state index contributed by atoms with van der Waals surface area (Å²) in [5.74, 6) is -1.13. The van der Waals surface area contributed by atoms with Gasteiger partial charge in [-0.25, -0.2) is 4.79 Å². The molecule has 1 amide bonds. The molecule has 1 aromatic carbocycles. The maximum atomic E-state index is 12.1. The molecule has 0 aliphatic carbocycles. The number of ether oxygens (including phenoxy) is 1. The van der Waals surface area contributed by atoms with Crippen molar-refractivity contribution in [3.63, 3.8) is 0 Å². The molecular formula is C17H23ClN2O4. The Bertz CT molecular complexity index is 590. The second kappa shape index (κ2) is 7.40. The van der Waals surface area contributed by atoms with Crippen molar-refractivity contribution < 1.29 is 24.3 Å². The van der Waals surface area contributed by atoms with E-state index < -0.39 is 17.6 Å². The van der Waals surface area contributed by atoms with E-state index in [2.05, 4.69) is 0 Å². The molecule has 0 saturated carbocycles. The highest BCUT2D eigenvalue weighted by Gasteiger charge is 2.32. The Morgan fingerprint density at radius 1 is 1.21 bits per heavy atom. The summed E-state index contributed by atoms with van der Waals surface area (Å²) in [6, 6.07) is 5.97. The number of aliphatic carboxylic acids is 1. The van der Waals surface area contributed by atoms with Crippen LogP contribution in [0.25, 0.3) is 0 Å². The smallest absolute Gasteiger partial charge is 0.410 e. The Morgan fingerprint density at radius 3 is 2.21 bits per heavy atom. The van der Waals surface area contributed by atoms with Gasteiger partial charge in [0.2, 0.25) is 0 Å². The van der Waals surface area contributed by atoms with Crippen molar-refractivity contribution in [2.75, 3.05) is 26.2 Å². The van der Waals surface area contributed by atoms with E-state index in [1.54, 1.807) is 29.2 Å². The van der Waals surface area contributed by atoms with E-state index in [9.17, 15) is 14.7 Å². The van der Waals surface area contributed by atoms with E-state index in [0.717, 1.165) is 4.90 Å². The lowest BCUT2D eigenvalue weighted by atomic mass is 10.0. The van der Waals surface area contributed by atoms with Gasteiger partial charge in [-0.05, 0) is 32.9 Å². The molecule has 1 saturated heterocycles. The van der Waals surface area contributed by atoms with Crippen LogP contribution >= 0.6 is 11.6 Å². The Hall–Kier alpha value is -1.79. The Kier molecular flexibility index (Phi) is 5.72. The molecule has 24 heavy (non-hydrogen) atoms. The molecule has 1 atom stereocenters. The van der Waals surface area contributed by atoms with Gasteiger partial charge in [0.15, 0.2) is 6.04 Å². The molecule has 1 aromatic rings. The number of quaternary nitrogens is 1. The SMILES string of the molecule is CC(C)(C)OC(=O)N1CC[NH+]([C@H](C(=O)[O-])c2ccc(Cl)cc2)CC1. The summed E-state index contributed by atoms with van der Waals surface area (Å²) in [5, 5.41) is 12.2. The Balaban J connectivity index is 2.02. The van der Waals surface area contributed by atoms with Gasteiger partial charge in [-0.3, -0.25) is 4.90 Å². The number of nitrogens with zero attached hydrogens (tertiary/aromatic N) is 1. The van der Waals surface area contributed by atoms with Crippen LogP contribution in [0, 0.1) is 0 Å². The maximum Gasteiger partial charge on any atom is 0.410 e. The highest BCUT2D eigenvalue weighted by Crippen LogP contribution is 2.15. The molecule has 1 aliphatic heterocycles. The molecule has 0 bridgehead atoms. The number of carboxylic acids is 1. The minimum atomic E-state index is -1.13. The van der Waals surface area contributed by atoms with Crippen molar-refractivity contribution in [2.24, 2.45) is 0 Å². The van der Waals surface area contributed by atoms with E-state index >= 15 is 0 Å². The normalized spacial score (nSPS) is 17.4. The van der Waals surface area contributed by atoms with Crippen molar-refractivity contribution in [1.82, 2.24) is 4.90 Å². The zero-order chi connectivity index (χ0) is 17.9. The Morgan fingerprint density at radius 2 is 1.75 bits per heavy atom. The van der Waals surface area contributed by atoms with Crippen molar-refractivity contribution >= 4 is 23.7 Å². The first-order valence-electron chi connectivity index (χ1n) is 7.96. The molecule has 6 nitrogen and oxygen atoms in total. The second-order valence-corrected chi connectivity index (χ2v) is 7.37.